The summed E-state index contributed by atoms with van der Waals surface area (Å²) in [7, 11) is 0. The molecule has 4 nitrogen and oxygen atoms in total. The summed E-state index contributed by atoms with van der Waals surface area (Å²) in [5.41, 5.74) is 1.50. The normalized spacial score (nSPS) is 21.8. The highest BCUT2D eigenvalue weighted by Gasteiger charge is 2.33. The number of halogens is 1. The minimum Gasteiger partial charge on any atom is -0.358 e. The maximum atomic E-state index is 13.4. The molecule has 2 aliphatic rings. The second-order valence-electron chi connectivity index (χ2n) is 3.37. The van der Waals surface area contributed by atoms with Crippen molar-refractivity contribution >= 4 is 11.6 Å². The minimum absolute atomic E-state index is 0.350. The van der Waals surface area contributed by atoms with Gasteiger partial charge in [-0.05, 0) is 6.07 Å². The molecular formula is C10H6FN3O. The number of benzene rings is 1. The highest BCUT2D eigenvalue weighted by atomic mass is 19.1. The Bertz CT molecular complexity index is 521. The molecule has 1 aromatic rings. The number of fused-ring (bicyclic) bond motifs is 3. The first kappa shape index (κ1) is 8.28. The van der Waals surface area contributed by atoms with E-state index in [1.807, 2.05) is 0 Å². The predicted molar refractivity (Wildman–Crippen MR) is 50.7 cm³/mol. The van der Waals surface area contributed by atoms with Crippen LogP contribution in [0.3, 0.4) is 0 Å². The maximum absolute atomic E-state index is 13.4. The third-order valence-electron chi connectivity index (χ3n) is 2.52. The second-order valence-corrected chi connectivity index (χ2v) is 3.37. The Kier molecular flexibility index (Phi) is 1.50. The number of carbonyl (C=O) groups is 1. The van der Waals surface area contributed by atoms with Crippen molar-refractivity contribution in [2.24, 2.45) is 10.2 Å². The van der Waals surface area contributed by atoms with E-state index in [0.29, 0.717) is 16.8 Å². The lowest BCUT2D eigenvalue weighted by molar-refractivity contribution is -0.114. The highest BCUT2D eigenvalue weighted by molar-refractivity contribution is 5.98. The molecule has 2 heterocycles. The lowest BCUT2D eigenvalue weighted by Gasteiger charge is -2.19. The first-order valence-corrected chi connectivity index (χ1v) is 4.47. The van der Waals surface area contributed by atoms with E-state index in [9.17, 15) is 9.18 Å². The van der Waals surface area contributed by atoms with Crippen molar-refractivity contribution < 1.29 is 9.18 Å². The van der Waals surface area contributed by atoms with Crippen molar-refractivity contribution in [1.29, 1.82) is 0 Å². The summed E-state index contributed by atoms with van der Waals surface area (Å²) in [4.78, 5) is 11.2. The molecule has 1 atom stereocenters. The third kappa shape index (κ3) is 1.03. The summed E-state index contributed by atoms with van der Waals surface area (Å²) >= 11 is 0. The molecule has 1 N–H and O–H groups in total. The van der Waals surface area contributed by atoms with Crippen LogP contribution in [0, 0.1) is 5.82 Å². The molecule has 1 unspecified atom stereocenters. The Hall–Kier alpha value is -2.04. The Morgan fingerprint density at radius 3 is 3.13 bits per heavy atom. The molecule has 0 fully saturated rings. The van der Waals surface area contributed by atoms with Crippen molar-refractivity contribution in [1.82, 2.24) is 0 Å². The van der Waals surface area contributed by atoms with Crippen LogP contribution in [-0.4, -0.2) is 5.91 Å². The quantitative estimate of drug-likeness (QED) is 0.702. The summed E-state index contributed by atoms with van der Waals surface area (Å²) in [6, 6.07) is 4.25. The lowest BCUT2D eigenvalue weighted by Crippen LogP contribution is -2.12. The number of amides is 1. The molecule has 0 saturated carbocycles. The van der Waals surface area contributed by atoms with Crippen molar-refractivity contribution in [2.45, 2.75) is 6.04 Å². The van der Waals surface area contributed by atoms with Crippen molar-refractivity contribution in [3.8, 4) is 0 Å². The molecule has 1 amide bonds. The molecule has 2 aliphatic heterocycles. The Labute approximate surface area is 84.5 Å². The molecule has 15 heavy (non-hydrogen) atoms. The topological polar surface area (TPSA) is 53.8 Å². The van der Waals surface area contributed by atoms with Crippen LogP contribution in [0.1, 0.15) is 11.6 Å². The first-order chi connectivity index (χ1) is 7.27. The van der Waals surface area contributed by atoms with Gasteiger partial charge >= 0.3 is 0 Å². The van der Waals surface area contributed by atoms with Gasteiger partial charge < -0.3 is 5.32 Å². The molecular weight excluding hydrogens is 197 g/mol. The number of rotatable bonds is 0. The molecule has 0 spiro atoms. The Morgan fingerprint density at radius 2 is 2.27 bits per heavy atom. The van der Waals surface area contributed by atoms with Gasteiger partial charge in [0.05, 0.1) is 11.3 Å². The van der Waals surface area contributed by atoms with E-state index in [1.54, 1.807) is 12.1 Å². The fourth-order valence-corrected chi connectivity index (χ4v) is 1.79. The van der Waals surface area contributed by atoms with Crippen LogP contribution in [0.4, 0.5) is 10.1 Å². The van der Waals surface area contributed by atoms with Crippen LogP contribution in [0.2, 0.25) is 0 Å². The van der Waals surface area contributed by atoms with E-state index in [0.717, 1.165) is 0 Å². The largest absolute Gasteiger partial charge is 0.358 e. The number of para-hydroxylation sites is 1. The number of nitrogens with zero attached hydrogens (tertiary/aromatic N) is 2. The van der Waals surface area contributed by atoms with E-state index in [2.05, 4.69) is 15.5 Å². The van der Waals surface area contributed by atoms with Crippen LogP contribution in [0.5, 0.6) is 0 Å². The molecule has 3 rings (SSSR count). The summed E-state index contributed by atoms with van der Waals surface area (Å²) in [6.07, 6.45) is 1.47. The molecule has 1 aromatic carbocycles. The molecule has 0 radical (unpaired) electrons. The van der Waals surface area contributed by atoms with Crippen molar-refractivity contribution in [2.75, 3.05) is 5.32 Å². The zero-order chi connectivity index (χ0) is 10.4. The monoisotopic (exact) mass is 203 g/mol. The van der Waals surface area contributed by atoms with Crippen LogP contribution >= 0.6 is 0 Å². The van der Waals surface area contributed by atoms with E-state index >= 15 is 0 Å². The predicted octanol–water partition coefficient (Wildman–Crippen LogP) is 2.17. The van der Waals surface area contributed by atoms with Crippen LogP contribution in [-0.2, 0) is 4.79 Å². The number of nitrogens with one attached hydrogen (secondary N) is 1. The molecule has 0 aliphatic carbocycles. The lowest BCUT2D eigenvalue weighted by atomic mass is 9.96. The fourth-order valence-electron chi connectivity index (χ4n) is 1.79. The van der Waals surface area contributed by atoms with Gasteiger partial charge in [-0.1, -0.05) is 12.1 Å². The average molecular weight is 203 g/mol. The smallest absolute Gasteiger partial charge is 0.295 e. The SMILES string of the molecule is O=C1N=NC2C1=CNc1c(F)cccc12. The average Bonchev–Trinajstić information content (AvgIpc) is 2.61. The standard InChI is InChI=1S/C10H6FN3O/c11-7-3-1-2-5-8-6(4-12-9(5)7)10(15)14-13-8/h1-4,8,12H. The molecule has 0 saturated heterocycles. The van der Waals surface area contributed by atoms with Gasteiger partial charge in [0.25, 0.3) is 5.91 Å². The molecule has 0 bridgehead atoms. The van der Waals surface area contributed by atoms with Gasteiger partial charge in [0, 0.05) is 11.8 Å². The number of azo groups is 1. The van der Waals surface area contributed by atoms with Crippen molar-refractivity contribution in [3.63, 3.8) is 0 Å². The minimum atomic E-state index is -0.440. The van der Waals surface area contributed by atoms with Crippen LogP contribution < -0.4 is 5.32 Å². The highest BCUT2D eigenvalue weighted by Crippen LogP contribution is 2.40. The van der Waals surface area contributed by atoms with Crippen LogP contribution in [0.15, 0.2) is 40.2 Å². The Balaban J connectivity index is 2.20. The number of anilines is 1. The molecule has 5 heteroatoms. The number of hydrogen-bond donors (Lipinski definition) is 1. The van der Waals surface area contributed by atoms with Gasteiger partial charge in [-0.15, -0.1) is 5.11 Å². The summed E-state index contributed by atoms with van der Waals surface area (Å²) in [6.45, 7) is 0. The van der Waals surface area contributed by atoms with Gasteiger partial charge in [0.1, 0.15) is 11.9 Å². The van der Waals surface area contributed by atoms with Gasteiger partial charge in [0.2, 0.25) is 0 Å². The summed E-state index contributed by atoms with van der Waals surface area (Å²) in [5.74, 6) is -0.709. The number of hydrogen-bond acceptors (Lipinski definition) is 3. The van der Waals surface area contributed by atoms with Crippen LogP contribution in [0.25, 0.3) is 0 Å². The molecule has 0 aromatic heterocycles. The van der Waals surface area contributed by atoms with Gasteiger partial charge in [0.15, 0.2) is 0 Å². The van der Waals surface area contributed by atoms with E-state index in [1.165, 1.54) is 12.3 Å². The molecule has 74 valence electrons. The summed E-state index contributed by atoms with van der Waals surface area (Å²) in [5, 5.41) is 10.0. The maximum Gasteiger partial charge on any atom is 0.295 e. The third-order valence-corrected chi connectivity index (χ3v) is 2.52. The summed E-state index contributed by atoms with van der Waals surface area (Å²) < 4.78 is 13.4. The Morgan fingerprint density at radius 1 is 1.40 bits per heavy atom. The van der Waals surface area contributed by atoms with Gasteiger partial charge in [-0.3, -0.25) is 4.79 Å². The van der Waals surface area contributed by atoms with E-state index in [-0.39, 0.29) is 11.7 Å². The van der Waals surface area contributed by atoms with Crippen molar-refractivity contribution in [3.05, 3.63) is 41.4 Å². The first-order valence-electron chi connectivity index (χ1n) is 4.47. The van der Waals surface area contributed by atoms with E-state index in [4.69, 9.17) is 0 Å². The van der Waals surface area contributed by atoms with E-state index < -0.39 is 6.04 Å². The number of carbonyl (C=O) groups excluding carboxylic acids is 1. The zero-order valence-electron chi connectivity index (χ0n) is 7.57. The fraction of sp³-hybridized carbons (Fsp3) is 0.100. The second kappa shape index (κ2) is 2.73. The van der Waals surface area contributed by atoms with Gasteiger partial charge in [-0.25, -0.2) is 4.39 Å². The van der Waals surface area contributed by atoms with Gasteiger partial charge in [-0.2, -0.15) is 5.11 Å². The zero-order valence-corrected chi connectivity index (χ0v) is 7.57.